The van der Waals surface area contributed by atoms with Crippen molar-refractivity contribution in [3.8, 4) is 5.75 Å². The fraction of sp³-hybridized carbons (Fsp3) is 0.348. The third kappa shape index (κ3) is 5.24. The summed E-state index contributed by atoms with van der Waals surface area (Å²) in [6.45, 7) is -0.465. The fourth-order valence-corrected chi connectivity index (χ4v) is 4.08. The number of benzene rings is 2. The Balaban J connectivity index is 1.25. The van der Waals surface area contributed by atoms with Gasteiger partial charge in [0.15, 0.2) is 0 Å². The van der Waals surface area contributed by atoms with E-state index in [0.29, 0.717) is 21.9 Å². The molecule has 1 saturated carbocycles. The normalized spacial score (nSPS) is 18.0. The molecule has 10 heteroatoms. The van der Waals surface area contributed by atoms with Crippen molar-refractivity contribution in [3.05, 3.63) is 63.6 Å². The molecule has 2 aromatic carbocycles. The number of nitrogens with one attached hydrogen (secondary N) is 2. The minimum Gasteiger partial charge on any atom is -0.489 e. The predicted octanol–water partition coefficient (Wildman–Crippen LogP) is 2.33. The van der Waals surface area contributed by atoms with E-state index in [1.165, 1.54) is 0 Å². The van der Waals surface area contributed by atoms with Gasteiger partial charge in [-0.3, -0.25) is 14.4 Å². The highest BCUT2D eigenvalue weighted by molar-refractivity contribution is 6.42. The zero-order valence-electron chi connectivity index (χ0n) is 17.6. The molecule has 2 atom stereocenters. The van der Waals surface area contributed by atoms with E-state index in [2.05, 4.69) is 10.6 Å². The minimum atomic E-state index is -0.996. The molecule has 1 fully saturated rings. The Morgan fingerprint density at radius 2 is 1.88 bits per heavy atom. The van der Waals surface area contributed by atoms with E-state index >= 15 is 0 Å². The van der Waals surface area contributed by atoms with Crippen molar-refractivity contribution in [2.24, 2.45) is 0 Å². The quantitative estimate of drug-likeness (QED) is 0.498. The summed E-state index contributed by atoms with van der Waals surface area (Å²) in [4.78, 5) is 39.4. The van der Waals surface area contributed by atoms with Crippen LogP contribution in [0.5, 0.6) is 5.75 Å². The highest BCUT2D eigenvalue weighted by atomic mass is 35.5. The lowest BCUT2D eigenvalue weighted by atomic mass is 10.0. The first-order valence-corrected chi connectivity index (χ1v) is 11.3. The standard InChI is InChI=1S/C23H23Cl2N3O5/c24-17-6-3-7-18(20(17)25)33-12-14(29)10-26-19(30)11-27-22(31)21-15-4-1-2-5-16(15)23(32)28(21)13-8-9-13/h1-7,13-14,21,29H,8-12H2,(H,26,30)(H,27,31). The first-order chi connectivity index (χ1) is 15.9. The molecule has 2 aliphatic rings. The van der Waals surface area contributed by atoms with Gasteiger partial charge in [-0.25, -0.2) is 0 Å². The van der Waals surface area contributed by atoms with Crippen LogP contribution in [0.2, 0.25) is 10.0 Å². The molecule has 8 nitrogen and oxygen atoms in total. The van der Waals surface area contributed by atoms with Crippen molar-refractivity contribution < 1.29 is 24.2 Å². The molecule has 0 saturated heterocycles. The van der Waals surface area contributed by atoms with E-state index in [0.717, 1.165) is 12.8 Å². The van der Waals surface area contributed by atoms with Crippen LogP contribution >= 0.6 is 23.2 Å². The van der Waals surface area contributed by atoms with E-state index in [4.69, 9.17) is 27.9 Å². The van der Waals surface area contributed by atoms with Crippen LogP contribution in [-0.4, -0.2) is 59.6 Å². The summed E-state index contributed by atoms with van der Waals surface area (Å²) >= 11 is 11.9. The zero-order valence-corrected chi connectivity index (χ0v) is 19.1. The van der Waals surface area contributed by atoms with Crippen LogP contribution in [0.25, 0.3) is 0 Å². The Bertz CT molecular complexity index is 1080. The number of hydrogen-bond acceptors (Lipinski definition) is 5. The Morgan fingerprint density at radius 3 is 2.64 bits per heavy atom. The maximum atomic E-state index is 12.9. The third-order valence-corrected chi connectivity index (χ3v) is 6.29. The Kier molecular flexibility index (Phi) is 7.07. The number of amides is 3. The van der Waals surface area contributed by atoms with E-state index in [-0.39, 0.29) is 36.7 Å². The van der Waals surface area contributed by atoms with Crippen LogP contribution in [0.4, 0.5) is 0 Å². The molecule has 2 aromatic rings. The number of aliphatic hydroxyl groups is 1. The first kappa shape index (κ1) is 23.4. The average molecular weight is 492 g/mol. The molecule has 0 spiro atoms. The Hall–Kier alpha value is -2.81. The summed E-state index contributed by atoms with van der Waals surface area (Å²) in [7, 11) is 0. The molecule has 1 aliphatic heterocycles. The van der Waals surface area contributed by atoms with E-state index in [9.17, 15) is 19.5 Å². The maximum absolute atomic E-state index is 12.9. The lowest BCUT2D eigenvalue weighted by molar-refractivity contribution is -0.129. The third-order valence-electron chi connectivity index (χ3n) is 5.49. The van der Waals surface area contributed by atoms with Gasteiger partial charge >= 0.3 is 0 Å². The smallest absolute Gasteiger partial charge is 0.255 e. The van der Waals surface area contributed by atoms with Crippen LogP contribution in [0.1, 0.15) is 34.8 Å². The second kappa shape index (κ2) is 9.99. The van der Waals surface area contributed by atoms with Crippen molar-refractivity contribution in [1.82, 2.24) is 15.5 Å². The van der Waals surface area contributed by atoms with Crippen LogP contribution < -0.4 is 15.4 Å². The van der Waals surface area contributed by atoms with E-state index < -0.39 is 24.0 Å². The number of aliphatic hydroxyl groups excluding tert-OH is 1. The molecule has 33 heavy (non-hydrogen) atoms. The molecule has 4 rings (SSSR count). The monoisotopic (exact) mass is 491 g/mol. The molecule has 1 aliphatic carbocycles. The molecule has 0 radical (unpaired) electrons. The summed E-state index contributed by atoms with van der Waals surface area (Å²) in [5.74, 6) is -0.706. The van der Waals surface area contributed by atoms with E-state index in [1.807, 2.05) is 0 Å². The van der Waals surface area contributed by atoms with Crippen molar-refractivity contribution in [1.29, 1.82) is 0 Å². The minimum absolute atomic E-state index is 0.0534. The second-order valence-corrected chi connectivity index (χ2v) is 8.76. The Morgan fingerprint density at radius 1 is 1.12 bits per heavy atom. The highest BCUT2D eigenvalue weighted by Crippen LogP contribution is 2.41. The number of rotatable bonds is 9. The first-order valence-electron chi connectivity index (χ1n) is 10.6. The van der Waals surface area contributed by atoms with Gasteiger partial charge in [0.2, 0.25) is 11.8 Å². The van der Waals surface area contributed by atoms with Crippen LogP contribution in [-0.2, 0) is 9.59 Å². The van der Waals surface area contributed by atoms with Gasteiger partial charge in [0.25, 0.3) is 5.91 Å². The lowest BCUT2D eigenvalue weighted by Crippen LogP contribution is -2.45. The van der Waals surface area contributed by atoms with Gasteiger partial charge in [-0.05, 0) is 36.6 Å². The number of halogens is 2. The zero-order chi connectivity index (χ0) is 23.5. The number of hydrogen-bond donors (Lipinski definition) is 3. The van der Waals surface area contributed by atoms with Gasteiger partial charge in [-0.2, -0.15) is 0 Å². The van der Waals surface area contributed by atoms with Crippen LogP contribution in [0.15, 0.2) is 42.5 Å². The number of carbonyl (C=O) groups is 3. The largest absolute Gasteiger partial charge is 0.489 e. The number of carbonyl (C=O) groups excluding carboxylic acids is 3. The SMILES string of the molecule is O=C(CNC(=O)C1c2ccccc2C(=O)N1C1CC1)NCC(O)COc1cccc(Cl)c1Cl. The maximum Gasteiger partial charge on any atom is 0.255 e. The molecular weight excluding hydrogens is 469 g/mol. The second-order valence-electron chi connectivity index (χ2n) is 7.97. The highest BCUT2D eigenvalue weighted by Gasteiger charge is 2.47. The number of nitrogens with zero attached hydrogens (tertiary/aromatic N) is 1. The van der Waals surface area contributed by atoms with Crippen LogP contribution in [0.3, 0.4) is 0 Å². The lowest BCUT2D eigenvalue weighted by Gasteiger charge is -2.24. The van der Waals surface area contributed by atoms with Crippen molar-refractivity contribution >= 4 is 40.9 Å². The van der Waals surface area contributed by atoms with Crippen molar-refractivity contribution in [2.45, 2.75) is 31.0 Å². The van der Waals surface area contributed by atoms with Crippen molar-refractivity contribution in [2.75, 3.05) is 19.7 Å². The van der Waals surface area contributed by atoms with Gasteiger partial charge < -0.3 is 25.4 Å². The molecule has 1 heterocycles. The van der Waals surface area contributed by atoms with Gasteiger partial charge in [0, 0.05) is 18.2 Å². The van der Waals surface area contributed by atoms with Gasteiger partial charge in [-0.15, -0.1) is 0 Å². The number of fused-ring (bicyclic) bond motifs is 1. The molecular formula is C23H23Cl2N3O5. The predicted molar refractivity (Wildman–Crippen MR) is 122 cm³/mol. The molecule has 2 unspecified atom stereocenters. The topological polar surface area (TPSA) is 108 Å². The van der Waals surface area contributed by atoms with Crippen molar-refractivity contribution in [3.63, 3.8) is 0 Å². The van der Waals surface area contributed by atoms with Gasteiger partial charge in [0.1, 0.15) is 29.5 Å². The summed E-state index contributed by atoms with van der Waals surface area (Å²) in [6.07, 6.45) is 0.735. The molecule has 3 N–H and O–H groups in total. The average Bonchev–Trinajstić information content (AvgIpc) is 3.61. The molecule has 0 aromatic heterocycles. The van der Waals surface area contributed by atoms with Gasteiger partial charge in [0.05, 0.1) is 11.6 Å². The van der Waals surface area contributed by atoms with Crippen LogP contribution in [0, 0.1) is 0 Å². The fourth-order valence-electron chi connectivity index (χ4n) is 3.73. The summed E-state index contributed by atoms with van der Waals surface area (Å²) < 4.78 is 5.44. The summed E-state index contributed by atoms with van der Waals surface area (Å²) in [6, 6.07) is 11.3. The summed E-state index contributed by atoms with van der Waals surface area (Å²) in [5.41, 5.74) is 1.18. The Labute approximate surface area is 200 Å². The molecule has 0 bridgehead atoms. The van der Waals surface area contributed by atoms with E-state index in [1.54, 1.807) is 47.4 Å². The number of ether oxygens (including phenoxy) is 1. The molecule has 174 valence electrons. The molecule has 3 amide bonds. The summed E-state index contributed by atoms with van der Waals surface area (Å²) in [5, 5.41) is 15.8. The van der Waals surface area contributed by atoms with Gasteiger partial charge in [-0.1, -0.05) is 47.5 Å².